The Labute approximate surface area is 176 Å². The van der Waals surface area contributed by atoms with Gasteiger partial charge < -0.3 is 20.0 Å². The van der Waals surface area contributed by atoms with E-state index in [2.05, 4.69) is 0 Å². The fraction of sp³-hybridized carbons (Fsp3) is 0.333. The number of benzene rings is 2. The number of rotatable bonds is 7. The molecule has 156 valence electrons. The van der Waals surface area contributed by atoms with E-state index in [-0.39, 0.29) is 18.4 Å². The first-order chi connectivity index (χ1) is 14.5. The predicted octanol–water partition coefficient (Wildman–Crippen LogP) is 2.73. The zero-order valence-corrected chi connectivity index (χ0v) is 17.0. The lowest BCUT2D eigenvalue weighted by atomic mass is 9.83. The quantitative estimate of drug-likeness (QED) is 0.547. The molecule has 2 amide bonds. The summed E-state index contributed by atoms with van der Waals surface area (Å²) in [7, 11) is 0. The van der Waals surface area contributed by atoms with Crippen molar-refractivity contribution in [2.24, 2.45) is 5.92 Å². The molecule has 6 nitrogen and oxygen atoms in total. The summed E-state index contributed by atoms with van der Waals surface area (Å²) in [5.74, 6) is -0.672. The number of aliphatic hydroxyl groups excluding tert-OH is 1. The topological polar surface area (TPSA) is 81.1 Å². The van der Waals surface area contributed by atoms with E-state index >= 15 is 0 Å². The highest BCUT2D eigenvalue weighted by Gasteiger charge is 2.52. The van der Waals surface area contributed by atoms with Gasteiger partial charge in [0.1, 0.15) is 0 Å². The van der Waals surface area contributed by atoms with Gasteiger partial charge in [-0.25, -0.2) is 0 Å². The SMILES string of the molecule is C[C@@H](/C=C/CCO)[C@]1(O)C(=O)N(Cc2ccc(N3CCC3=O)cc2)c2ccccc21. The molecule has 30 heavy (non-hydrogen) atoms. The van der Waals surface area contributed by atoms with Crippen LogP contribution in [0.25, 0.3) is 0 Å². The Morgan fingerprint density at radius 1 is 1.13 bits per heavy atom. The second-order valence-electron chi connectivity index (χ2n) is 7.87. The number of hydrogen-bond acceptors (Lipinski definition) is 4. The van der Waals surface area contributed by atoms with E-state index in [4.69, 9.17) is 5.11 Å². The minimum atomic E-state index is -1.65. The monoisotopic (exact) mass is 406 g/mol. The van der Waals surface area contributed by atoms with Crippen LogP contribution in [0.2, 0.25) is 0 Å². The minimum absolute atomic E-state index is 0.0251. The summed E-state index contributed by atoms with van der Waals surface area (Å²) in [6.07, 6.45) is 4.64. The molecule has 0 aromatic heterocycles. The molecule has 2 aromatic carbocycles. The molecular weight excluding hydrogens is 380 g/mol. The Hall–Kier alpha value is -2.96. The van der Waals surface area contributed by atoms with Gasteiger partial charge in [-0.3, -0.25) is 9.59 Å². The van der Waals surface area contributed by atoms with Crippen LogP contribution in [0.5, 0.6) is 0 Å². The Balaban J connectivity index is 1.60. The molecule has 2 N–H and O–H groups in total. The van der Waals surface area contributed by atoms with Gasteiger partial charge in [-0.1, -0.05) is 49.4 Å². The number of carbonyl (C=O) groups is 2. The summed E-state index contributed by atoms with van der Waals surface area (Å²) in [4.78, 5) is 28.4. The molecular formula is C24H26N2O4. The van der Waals surface area contributed by atoms with Gasteiger partial charge in [-0.2, -0.15) is 0 Å². The highest BCUT2D eigenvalue weighted by Crippen LogP contribution is 2.45. The third-order valence-electron chi connectivity index (χ3n) is 6.00. The van der Waals surface area contributed by atoms with Crippen molar-refractivity contribution in [1.82, 2.24) is 0 Å². The van der Waals surface area contributed by atoms with Gasteiger partial charge in [0, 0.05) is 36.7 Å². The first-order valence-corrected chi connectivity index (χ1v) is 10.3. The predicted molar refractivity (Wildman–Crippen MR) is 115 cm³/mol. The van der Waals surface area contributed by atoms with Gasteiger partial charge >= 0.3 is 0 Å². The van der Waals surface area contributed by atoms with Gasteiger partial charge in [0.25, 0.3) is 5.91 Å². The van der Waals surface area contributed by atoms with Crippen molar-refractivity contribution in [2.75, 3.05) is 23.0 Å². The normalized spacial score (nSPS) is 21.8. The first kappa shape index (κ1) is 20.3. The Morgan fingerprint density at radius 2 is 1.87 bits per heavy atom. The van der Waals surface area contributed by atoms with Crippen LogP contribution in [0.4, 0.5) is 11.4 Å². The Kier molecular flexibility index (Phi) is 5.45. The number of carbonyl (C=O) groups excluding carboxylic acids is 2. The fourth-order valence-corrected chi connectivity index (χ4v) is 4.12. The summed E-state index contributed by atoms with van der Waals surface area (Å²) in [5, 5.41) is 20.5. The molecule has 0 spiro atoms. The van der Waals surface area contributed by atoms with E-state index in [1.165, 1.54) is 0 Å². The molecule has 0 saturated carbocycles. The number of amides is 2. The largest absolute Gasteiger partial charge is 0.396 e. The van der Waals surface area contributed by atoms with Crippen LogP contribution in [0.3, 0.4) is 0 Å². The summed E-state index contributed by atoms with van der Waals surface area (Å²) >= 11 is 0. The van der Waals surface area contributed by atoms with E-state index in [1.807, 2.05) is 49.4 Å². The molecule has 2 heterocycles. The lowest BCUT2D eigenvalue weighted by Crippen LogP contribution is -2.44. The molecule has 1 saturated heterocycles. The molecule has 0 radical (unpaired) electrons. The number of β-lactam (4-membered cyclic amide) rings is 1. The third-order valence-corrected chi connectivity index (χ3v) is 6.00. The van der Waals surface area contributed by atoms with Crippen molar-refractivity contribution < 1.29 is 19.8 Å². The molecule has 4 rings (SSSR count). The summed E-state index contributed by atoms with van der Waals surface area (Å²) < 4.78 is 0. The van der Waals surface area contributed by atoms with Gasteiger partial charge in [-0.15, -0.1) is 0 Å². The van der Waals surface area contributed by atoms with Crippen LogP contribution in [-0.2, 0) is 21.7 Å². The van der Waals surface area contributed by atoms with Crippen LogP contribution in [-0.4, -0.2) is 35.2 Å². The van der Waals surface area contributed by atoms with E-state index in [9.17, 15) is 14.7 Å². The first-order valence-electron chi connectivity index (χ1n) is 10.3. The van der Waals surface area contributed by atoms with E-state index in [1.54, 1.807) is 28.0 Å². The molecule has 0 aliphatic carbocycles. The number of anilines is 2. The lowest BCUT2D eigenvalue weighted by Gasteiger charge is -2.31. The van der Waals surface area contributed by atoms with Gasteiger partial charge in [0.2, 0.25) is 5.91 Å². The van der Waals surface area contributed by atoms with Crippen LogP contribution in [0.1, 0.15) is 30.9 Å². The maximum absolute atomic E-state index is 13.4. The van der Waals surface area contributed by atoms with E-state index < -0.39 is 11.5 Å². The van der Waals surface area contributed by atoms with Crippen molar-refractivity contribution in [3.63, 3.8) is 0 Å². The van der Waals surface area contributed by atoms with Crippen molar-refractivity contribution in [2.45, 2.75) is 31.9 Å². The highest BCUT2D eigenvalue weighted by molar-refractivity contribution is 6.07. The second-order valence-corrected chi connectivity index (χ2v) is 7.87. The molecule has 2 aliphatic heterocycles. The smallest absolute Gasteiger partial charge is 0.264 e. The summed E-state index contributed by atoms with van der Waals surface area (Å²) in [6, 6.07) is 14.9. The minimum Gasteiger partial charge on any atom is -0.396 e. The molecule has 2 aliphatic rings. The number of hydrogen-bond donors (Lipinski definition) is 2. The second kappa shape index (κ2) is 8.05. The molecule has 2 aromatic rings. The summed E-state index contributed by atoms with van der Waals surface area (Å²) in [6.45, 7) is 2.91. The number of nitrogens with zero attached hydrogens (tertiary/aromatic N) is 2. The molecule has 2 atom stereocenters. The molecule has 0 bridgehead atoms. The van der Waals surface area contributed by atoms with Crippen LogP contribution >= 0.6 is 0 Å². The molecule has 1 fully saturated rings. The standard InChI is InChI=1S/C24H26N2O4/c1-17(6-4-5-15-27)24(30)20-7-2-3-8-21(20)26(23(24)29)16-18-9-11-19(12-10-18)25-14-13-22(25)28/h2-4,6-12,17,27,30H,5,13-16H2,1H3/b6-4+/t17-,24+/m0/s1. The number of aliphatic hydroxyl groups is 2. The number of para-hydroxylation sites is 1. The van der Waals surface area contributed by atoms with Gasteiger partial charge in [0.05, 0.1) is 12.2 Å². The average molecular weight is 406 g/mol. The maximum atomic E-state index is 13.4. The van der Waals surface area contributed by atoms with E-state index in [0.717, 1.165) is 17.8 Å². The van der Waals surface area contributed by atoms with Crippen molar-refractivity contribution in [3.05, 3.63) is 71.8 Å². The van der Waals surface area contributed by atoms with Crippen LogP contribution in [0, 0.1) is 5.92 Å². The highest BCUT2D eigenvalue weighted by atomic mass is 16.3. The van der Waals surface area contributed by atoms with Crippen molar-refractivity contribution in [1.29, 1.82) is 0 Å². The molecule has 6 heteroatoms. The Morgan fingerprint density at radius 3 is 2.50 bits per heavy atom. The zero-order valence-electron chi connectivity index (χ0n) is 17.0. The maximum Gasteiger partial charge on any atom is 0.264 e. The van der Waals surface area contributed by atoms with Crippen LogP contribution in [0.15, 0.2) is 60.7 Å². The van der Waals surface area contributed by atoms with E-state index in [0.29, 0.717) is 30.6 Å². The van der Waals surface area contributed by atoms with Gasteiger partial charge in [0.15, 0.2) is 5.60 Å². The molecule has 0 unspecified atom stereocenters. The van der Waals surface area contributed by atoms with Crippen LogP contribution < -0.4 is 9.80 Å². The zero-order chi connectivity index (χ0) is 21.3. The van der Waals surface area contributed by atoms with Gasteiger partial charge in [-0.05, 0) is 30.2 Å². The fourth-order valence-electron chi connectivity index (χ4n) is 4.12. The van der Waals surface area contributed by atoms with Crippen molar-refractivity contribution in [3.8, 4) is 0 Å². The summed E-state index contributed by atoms with van der Waals surface area (Å²) in [5.41, 5.74) is 1.44. The Bertz CT molecular complexity index is 985. The third kappa shape index (κ3) is 3.32. The average Bonchev–Trinajstić information content (AvgIpc) is 2.97. The number of fused-ring (bicyclic) bond motifs is 1. The van der Waals surface area contributed by atoms with Crippen molar-refractivity contribution >= 4 is 23.2 Å². The lowest BCUT2D eigenvalue weighted by molar-refractivity contribution is -0.139.